The maximum absolute atomic E-state index is 5.07. The summed E-state index contributed by atoms with van der Waals surface area (Å²) in [6, 6.07) is 8.15. The van der Waals surface area contributed by atoms with Gasteiger partial charge in [0.25, 0.3) is 0 Å². The third-order valence-corrected chi connectivity index (χ3v) is 1.95. The number of hydrogen-bond acceptors (Lipinski definition) is 1. The van der Waals surface area contributed by atoms with Gasteiger partial charge < -0.3 is 12.6 Å². The normalized spacial score (nSPS) is 10.6. The van der Waals surface area contributed by atoms with Gasteiger partial charge >= 0.3 is 29.6 Å². The van der Waals surface area contributed by atoms with Crippen molar-refractivity contribution in [2.45, 2.75) is 31.1 Å². The van der Waals surface area contributed by atoms with Crippen molar-refractivity contribution in [3.05, 3.63) is 29.8 Å². The van der Waals surface area contributed by atoms with Crippen LogP contribution in [0, 0.1) is 0 Å². The molecule has 0 N–H and O–H groups in total. The summed E-state index contributed by atoms with van der Waals surface area (Å²) >= 11 is 5.07. The molecule has 0 bridgehead atoms. The molecule has 2 heteroatoms. The number of benzene rings is 1. The fraction of sp³-hybridized carbons (Fsp3) is 0.400. The summed E-state index contributed by atoms with van der Waals surface area (Å²) in [4.78, 5) is 0.928. The minimum Gasteiger partial charge on any atom is -0.780 e. The molecule has 0 aliphatic carbocycles. The van der Waals surface area contributed by atoms with Crippen LogP contribution in [-0.4, -0.2) is 0 Å². The second-order valence-electron chi connectivity index (χ2n) is 3.78. The molecule has 0 heterocycles. The zero-order valence-electron chi connectivity index (χ0n) is 8.22. The SMILES string of the molecule is CC(C)(C)c1cccc([S-])c1.[Na+]. The van der Waals surface area contributed by atoms with E-state index in [1.54, 1.807) is 0 Å². The van der Waals surface area contributed by atoms with E-state index < -0.39 is 0 Å². The van der Waals surface area contributed by atoms with Crippen LogP contribution in [0.15, 0.2) is 29.2 Å². The number of rotatable bonds is 0. The molecule has 0 radical (unpaired) electrons. The van der Waals surface area contributed by atoms with Crippen LogP contribution in [0.5, 0.6) is 0 Å². The molecular weight excluding hydrogens is 175 g/mol. The maximum atomic E-state index is 5.07. The summed E-state index contributed by atoms with van der Waals surface area (Å²) in [5, 5.41) is 0. The van der Waals surface area contributed by atoms with Crippen molar-refractivity contribution >= 4 is 12.6 Å². The maximum Gasteiger partial charge on any atom is 1.00 e. The van der Waals surface area contributed by atoms with E-state index in [2.05, 4.69) is 32.9 Å². The van der Waals surface area contributed by atoms with E-state index in [0.29, 0.717) is 0 Å². The first-order valence-electron chi connectivity index (χ1n) is 3.78. The molecule has 60 valence electrons. The first kappa shape index (κ1) is 12.4. The number of hydrogen-bond donors (Lipinski definition) is 0. The van der Waals surface area contributed by atoms with Crippen molar-refractivity contribution in [1.82, 2.24) is 0 Å². The van der Waals surface area contributed by atoms with Gasteiger partial charge in [-0.3, -0.25) is 0 Å². The minimum absolute atomic E-state index is 0. The molecule has 0 aliphatic heterocycles. The van der Waals surface area contributed by atoms with Gasteiger partial charge in [0.1, 0.15) is 0 Å². The topological polar surface area (TPSA) is 0 Å². The van der Waals surface area contributed by atoms with Crippen LogP contribution in [0.1, 0.15) is 26.3 Å². The Morgan fingerprint density at radius 2 is 1.75 bits per heavy atom. The van der Waals surface area contributed by atoms with E-state index in [1.807, 2.05) is 12.1 Å². The predicted octanol–water partition coefficient (Wildman–Crippen LogP) is -0.106. The van der Waals surface area contributed by atoms with Crippen molar-refractivity contribution in [3.63, 3.8) is 0 Å². The quantitative estimate of drug-likeness (QED) is 0.404. The summed E-state index contributed by atoms with van der Waals surface area (Å²) < 4.78 is 0. The molecule has 0 fully saturated rings. The molecule has 0 saturated carbocycles. The Morgan fingerprint density at radius 3 is 2.08 bits per heavy atom. The van der Waals surface area contributed by atoms with Crippen molar-refractivity contribution < 1.29 is 29.6 Å². The van der Waals surface area contributed by atoms with Crippen LogP contribution in [0.3, 0.4) is 0 Å². The molecule has 12 heavy (non-hydrogen) atoms. The summed E-state index contributed by atoms with van der Waals surface area (Å²) in [7, 11) is 0. The molecule has 0 unspecified atom stereocenters. The van der Waals surface area contributed by atoms with Crippen molar-refractivity contribution in [2.24, 2.45) is 0 Å². The van der Waals surface area contributed by atoms with E-state index in [-0.39, 0.29) is 35.0 Å². The molecule has 0 saturated heterocycles. The summed E-state index contributed by atoms with van der Waals surface area (Å²) in [5.41, 5.74) is 1.53. The molecule has 0 aliphatic rings. The van der Waals surface area contributed by atoms with E-state index in [4.69, 9.17) is 12.6 Å². The Bertz CT molecular complexity index is 250. The summed E-state index contributed by atoms with van der Waals surface area (Å²) in [5.74, 6) is 0. The van der Waals surface area contributed by atoms with E-state index >= 15 is 0 Å². The van der Waals surface area contributed by atoms with Gasteiger partial charge in [-0.2, -0.15) is 4.90 Å². The smallest absolute Gasteiger partial charge is 0.780 e. The van der Waals surface area contributed by atoms with Gasteiger partial charge in [0.15, 0.2) is 0 Å². The molecule has 0 aromatic heterocycles. The fourth-order valence-corrected chi connectivity index (χ4v) is 1.17. The Hall–Kier alpha value is 0.440. The molecule has 0 spiro atoms. The van der Waals surface area contributed by atoms with Crippen LogP contribution < -0.4 is 29.6 Å². The third kappa shape index (κ3) is 3.44. The average molecular weight is 188 g/mol. The van der Waals surface area contributed by atoms with Crippen LogP contribution in [0.4, 0.5) is 0 Å². The van der Waals surface area contributed by atoms with Gasteiger partial charge in [-0.05, 0) is 11.0 Å². The Kier molecular flexibility index (Phi) is 4.78. The van der Waals surface area contributed by atoms with Gasteiger partial charge in [-0.15, -0.1) is 0 Å². The second kappa shape index (κ2) is 4.61. The second-order valence-corrected chi connectivity index (χ2v) is 4.25. The summed E-state index contributed by atoms with van der Waals surface area (Å²) in [6.45, 7) is 6.57. The first-order chi connectivity index (χ1) is 5.00. The monoisotopic (exact) mass is 188 g/mol. The van der Waals surface area contributed by atoms with Crippen molar-refractivity contribution in [3.8, 4) is 0 Å². The molecule has 1 aromatic carbocycles. The van der Waals surface area contributed by atoms with Gasteiger partial charge in [0, 0.05) is 0 Å². The zero-order valence-corrected chi connectivity index (χ0v) is 11.0. The largest absolute Gasteiger partial charge is 1.00 e. The van der Waals surface area contributed by atoms with Crippen molar-refractivity contribution in [2.75, 3.05) is 0 Å². The van der Waals surface area contributed by atoms with E-state index in [9.17, 15) is 0 Å². The van der Waals surface area contributed by atoms with Crippen LogP contribution >= 0.6 is 0 Å². The van der Waals surface area contributed by atoms with Gasteiger partial charge in [0.05, 0.1) is 0 Å². The summed E-state index contributed by atoms with van der Waals surface area (Å²) in [6.07, 6.45) is 0. The van der Waals surface area contributed by atoms with Gasteiger partial charge in [-0.1, -0.05) is 45.0 Å². The molecule has 0 atom stereocenters. The third-order valence-electron chi connectivity index (χ3n) is 1.70. The minimum atomic E-state index is 0. The van der Waals surface area contributed by atoms with Crippen LogP contribution in [0.2, 0.25) is 0 Å². The molecule has 1 aromatic rings. The van der Waals surface area contributed by atoms with Gasteiger partial charge in [-0.25, -0.2) is 0 Å². The van der Waals surface area contributed by atoms with Gasteiger partial charge in [0.2, 0.25) is 0 Å². The van der Waals surface area contributed by atoms with Crippen LogP contribution in [-0.2, 0) is 18.0 Å². The van der Waals surface area contributed by atoms with E-state index in [0.717, 1.165) is 4.90 Å². The fourth-order valence-electron chi connectivity index (χ4n) is 0.963. The Balaban J connectivity index is 0.00000121. The standard InChI is InChI=1S/C10H14S.Na/c1-10(2,3)8-5-4-6-9(11)7-8;/h4-7,11H,1-3H3;/q;+1/p-1. The molecular formula is C10H13NaS. The Morgan fingerprint density at radius 1 is 1.17 bits per heavy atom. The molecule has 1 rings (SSSR count). The zero-order chi connectivity index (χ0) is 8.48. The Labute approximate surface area is 102 Å². The molecule has 0 nitrogen and oxygen atoms in total. The molecule has 0 amide bonds. The average Bonchev–Trinajstić information content (AvgIpc) is 1.86. The van der Waals surface area contributed by atoms with E-state index in [1.165, 1.54) is 5.56 Å². The van der Waals surface area contributed by atoms with Crippen LogP contribution in [0.25, 0.3) is 0 Å². The van der Waals surface area contributed by atoms with Crippen molar-refractivity contribution in [1.29, 1.82) is 0 Å². The first-order valence-corrected chi connectivity index (χ1v) is 4.18. The predicted molar refractivity (Wildman–Crippen MR) is 50.8 cm³/mol.